The second-order valence-corrected chi connectivity index (χ2v) is 8.75. The summed E-state index contributed by atoms with van der Waals surface area (Å²) in [4.78, 5) is 12.1. The largest absolute Gasteiger partial charge is 0.355 e. The first-order valence-electron chi connectivity index (χ1n) is 8.34. The van der Waals surface area contributed by atoms with E-state index in [1.54, 1.807) is 0 Å². The van der Waals surface area contributed by atoms with Gasteiger partial charge >= 0.3 is 0 Å². The van der Waals surface area contributed by atoms with Crippen molar-refractivity contribution in [2.45, 2.75) is 67.2 Å². The Morgan fingerprint density at radius 1 is 1.05 bits per heavy atom. The van der Waals surface area contributed by atoms with Crippen LogP contribution in [0.2, 0.25) is 0 Å². The molecule has 124 valence electrons. The fourth-order valence-electron chi connectivity index (χ4n) is 3.10. The Kier molecular flexibility index (Phi) is 6.22. The van der Waals surface area contributed by atoms with E-state index in [0.29, 0.717) is 12.3 Å². The van der Waals surface area contributed by atoms with Gasteiger partial charge in [-0.15, -0.1) is 0 Å². The van der Waals surface area contributed by atoms with Crippen molar-refractivity contribution in [1.29, 1.82) is 0 Å². The molecule has 0 bridgehead atoms. The first-order valence-corrected chi connectivity index (χ1v) is 8.34. The number of carbonyl (C=O) groups is 1. The van der Waals surface area contributed by atoms with Crippen LogP contribution >= 0.6 is 0 Å². The minimum atomic E-state index is 0.110. The highest BCUT2D eigenvalue weighted by atomic mass is 16.1. The third-order valence-corrected chi connectivity index (χ3v) is 3.78. The molecule has 0 radical (unpaired) electrons. The summed E-state index contributed by atoms with van der Waals surface area (Å²) in [5.74, 6) is 0.639. The van der Waals surface area contributed by atoms with Crippen molar-refractivity contribution in [1.82, 2.24) is 5.32 Å². The lowest BCUT2D eigenvalue weighted by molar-refractivity contribution is -0.121. The van der Waals surface area contributed by atoms with E-state index in [9.17, 15) is 4.79 Å². The molecule has 0 aliphatic carbocycles. The Hall–Kier alpha value is -1.31. The van der Waals surface area contributed by atoms with E-state index in [1.807, 2.05) is 0 Å². The van der Waals surface area contributed by atoms with Gasteiger partial charge < -0.3 is 5.32 Å². The van der Waals surface area contributed by atoms with Crippen molar-refractivity contribution in [3.63, 3.8) is 0 Å². The van der Waals surface area contributed by atoms with E-state index in [0.717, 1.165) is 18.5 Å². The Morgan fingerprint density at radius 2 is 1.59 bits per heavy atom. The Morgan fingerprint density at radius 3 is 2.05 bits per heavy atom. The SMILES string of the molecule is CC(C)c1ccc(CC(=O)NCC(C)(C)CC(C)(C)C)cc1. The molecule has 0 aliphatic heterocycles. The molecule has 2 nitrogen and oxygen atoms in total. The molecule has 22 heavy (non-hydrogen) atoms. The van der Waals surface area contributed by atoms with Crippen LogP contribution in [0.15, 0.2) is 24.3 Å². The minimum absolute atomic E-state index is 0.110. The van der Waals surface area contributed by atoms with Crippen molar-refractivity contribution in [2.24, 2.45) is 10.8 Å². The summed E-state index contributed by atoms with van der Waals surface area (Å²) in [6.45, 7) is 16.3. The summed E-state index contributed by atoms with van der Waals surface area (Å²) in [6.07, 6.45) is 1.55. The molecule has 2 heteroatoms. The van der Waals surface area contributed by atoms with Crippen molar-refractivity contribution in [2.75, 3.05) is 6.54 Å². The van der Waals surface area contributed by atoms with Gasteiger partial charge in [-0.2, -0.15) is 0 Å². The fourth-order valence-corrected chi connectivity index (χ4v) is 3.10. The van der Waals surface area contributed by atoms with E-state index >= 15 is 0 Å². The highest BCUT2D eigenvalue weighted by molar-refractivity contribution is 5.78. The average Bonchev–Trinajstić information content (AvgIpc) is 2.34. The molecular formula is C20H33NO. The molecular weight excluding hydrogens is 270 g/mol. The van der Waals surface area contributed by atoms with E-state index < -0.39 is 0 Å². The van der Waals surface area contributed by atoms with Gasteiger partial charge in [-0.3, -0.25) is 4.79 Å². The van der Waals surface area contributed by atoms with Crippen LogP contribution < -0.4 is 5.32 Å². The molecule has 0 saturated heterocycles. The van der Waals surface area contributed by atoms with Gasteiger partial charge in [0, 0.05) is 6.54 Å². The number of carbonyl (C=O) groups excluding carboxylic acids is 1. The molecule has 0 aromatic heterocycles. The van der Waals surface area contributed by atoms with Crippen LogP contribution in [0.1, 0.15) is 71.9 Å². The van der Waals surface area contributed by atoms with E-state index in [1.165, 1.54) is 5.56 Å². The number of hydrogen-bond acceptors (Lipinski definition) is 1. The third-order valence-electron chi connectivity index (χ3n) is 3.78. The summed E-state index contributed by atoms with van der Waals surface area (Å²) in [6, 6.07) is 8.37. The lowest BCUT2D eigenvalue weighted by atomic mass is 9.76. The molecule has 0 heterocycles. The Bertz CT molecular complexity index is 477. The maximum atomic E-state index is 12.1. The third kappa shape index (κ3) is 7.11. The zero-order valence-electron chi connectivity index (χ0n) is 15.4. The summed E-state index contributed by atoms with van der Waals surface area (Å²) in [7, 11) is 0. The maximum absolute atomic E-state index is 12.1. The van der Waals surface area contributed by atoms with E-state index in [-0.39, 0.29) is 16.7 Å². The van der Waals surface area contributed by atoms with Crippen LogP contribution in [0.25, 0.3) is 0 Å². The summed E-state index contributed by atoms with van der Waals surface area (Å²) in [5, 5.41) is 3.09. The van der Waals surface area contributed by atoms with Gasteiger partial charge in [-0.1, -0.05) is 72.7 Å². The standard InChI is InChI=1S/C20H33NO/c1-15(2)17-10-8-16(9-11-17)12-18(22)21-14-20(6,7)13-19(3,4)5/h8-11,15H,12-14H2,1-7H3,(H,21,22). The Labute approximate surface area is 136 Å². The lowest BCUT2D eigenvalue weighted by Crippen LogP contribution is -2.36. The van der Waals surface area contributed by atoms with Crippen molar-refractivity contribution in [3.05, 3.63) is 35.4 Å². The smallest absolute Gasteiger partial charge is 0.224 e. The van der Waals surface area contributed by atoms with Crippen LogP contribution in [0, 0.1) is 10.8 Å². The first-order chi connectivity index (χ1) is 9.98. The minimum Gasteiger partial charge on any atom is -0.355 e. The topological polar surface area (TPSA) is 29.1 Å². The maximum Gasteiger partial charge on any atom is 0.224 e. The van der Waals surface area contributed by atoms with Gasteiger partial charge in [0.15, 0.2) is 0 Å². The summed E-state index contributed by atoms with van der Waals surface area (Å²) in [5.41, 5.74) is 2.79. The molecule has 0 aliphatic rings. The summed E-state index contributed by atoms with van der Waals surface area (Å²) < 4.78 is 0. The molecule has 1 aromatic rings. The van der Waals surface area contributed by atoms with Gasteiger partial charge in [0.25, 0.3) is 0 Å². The van der Waals surface area contributed by atoms with Crippen molar-refractivity contribution in [3.8, 4) is 0 Å². The fraction of sp³-hybridized carbons (Fsp3) is 0.650. The zero-order chi connectivity index (χ0) is 17.0. The monoisotopic (exact) mass is 303 g/mol. The van der Waals surface area contributed by atoms with Crippen LogP contribution in [0.4, 0.5) is 0 Å². The van der Waals surface area contributed by atoms with Gasteiger partial charge in [0.2, 0.25) is 5.91 Å². The van der Waals surface area contributed by atoms with Crippen LogP contribution in [-0.4, -0.2) is 12.5 Å². The normalized spacial score (nSPS) is 12.5. The van der Waals surface area contributed by atoms with Crippen LogP contribution in [0.5, 0.6) is 0 Å². The molecule has 1 rings (SSSR count). The van der Waals surface area contributed by atoms with Gasteiger partial charge in [-0.25, -0.2) is 0 Å². The predicted octanol–water partition coefficient (Wildman–Crippen LogP) is 4.93. The number of amides is 1. The molecule has 0 unspecified atom stereocenters. The average molecular weight is 303 g/mol. The van der Waals surface area contributed by atoms with Gasteiger partial charge in [-0.05, 0) is 34.3 Å². The van der Waals surface area contributed by atoms with Crippen LogP contribution in [0.3, 0.4) is 0 Å². The number of benzene rings is 1. The van der Waals surface area contributed by atoms with E-state index in [4.69, 9.17) is 0 Å². The van der Waals surface area contributed by atoms with E-state index in [2.05, 4.69) is 78.0 Å². The zero-order valence-corrected chi connectivity index (χ0v) is 15.4. The second-order valence-electron chi connectivity index (χ2n) is 8.75. The van der Waals surface area contributed by atoms with Gasteiger partial charge in [0.1, 0.15) is 0 Å². The highest BCUT2D eigenvalue weighted by Crippen LogP contribution is 2.32. The molecule has 1 amide bonds. The van der Waals surface area contributed by atoms with Crippen molar-refractivity contribution < 1.29 is 4.79 Å². The number of nitrogens with one attached hydrogen (secondary N) is 1. The van der Waals surface area contributed by atoms with Gasteiger partial charge in [0.05, 0.1) is 6.42 Å². The Balaban J connectivity index is 2.49. The molecule has 0 spiro atoms. The lowest BCUT2D eigenvalue weighted by Gasteiger charge is -2.32. The molecule has 0 fully saturated rings. The first kappa shape index (κ1) is 18.7. The molecule has 1 N–H and O–H groups in total. The number of hydrogen-bond donors (Lipinski definition) is 1. The summed E-state index contributed by atoms with van der Waals surface area (Å²) >= 11 is 0. The predicted molar refractivity (Wildman–Crippen MR) is 95.1 cm³/mol. The number of rotatable bonds is 6. The molecule has 1 aromatic carbocycles. The quantitative estimate of drug-likeness (QED) is 0.793. The highest BCUT2D eigenvalue weighted by Gasteiger charge is 2.25. The van der Waals surface area contributed by atoms with Crippen molar-refractivity contribution >= 4 is 5.91 Å². The molecule has 0 saturated carbocycles. The van der Waals surface area contributed by atoms with Crippen LogP contribution in [-0.2, 0) is 11.2 Å². The second kappa shape index (κ2) is 7.30. The molecule has 0 atom stereocenters.